The summed E-state index contributed by atoms with van der Waals surface area (Å²) in [4.78, 5) is 26.3. The van der Waals surface area contributed by atoms with Gasteiger partial charge in [-0.1, -0.05) is 18.2 Å². The van der Waals surface area contributed by atoms with E-state index in [1.165, 1.54) is 18.1 Å². The number of amides is 1. The second-order valence-electron chi connectivity index (χ2n) is 6.39. The van der Waals surface area contributed by atoms with Crippen molar-refractivity contribution in [2.24, 2.45) is 0 Å². The van der Waals surface area contributed by atoms with E-state index in [4.69, 9.17) is 4.74 Å². The molecular formula is C17H20FNO4. The SMILES string of the molecule is COCC1(C(=O)O)CCCN1C(=O)C1(c2ccccc2F)CC1. The first-order valence-electron chi connectivity index (χ1n) is 7.77. The molecule has 2 aliphatic rings. The Morgan fingerprint density at radius 1 is 1.30 bits per heavy atom. The van der Waals surface area contributed by atoms with Gasteiger partial charge in [-0.05, 0) is 31.7 Å². The second-order valence-corrected chi connectivity index (χ2v) is 6.39. The minimum atomic E-state index is -1.34. The standard InChI is InChI=1S/C17H20FNO4/c1-23-11-17(15(21)22)7-4-10-19(17)14(20)16(8-9-16)12-5-2-3-6-13(12)18/h2-3,5-6H,4,7-11H2,1H3,(H,21,22). The lowest BCUT2D eigenvalue weighted by Crippen LogP contribution is -2.58. The number of halogens is 1. The fraction of sp³-hybridized carbons (Fsp3) is 0.529. The minimum Gasteiger partial charge on any atom is -0.479 e. The number of rotatable bonds is 5. The van der Waals surface area contributed by atoms with E-state index in [9.17, 15) is 19.1 Å². The number of hydrogen-bond donors (Lipinski definition) is 1. The van der Waals surface area contributed by atoms with Gasteiger partial charge in [0.25, 0.3) is 0 Å². The summed E-state index contributed by atoms with van der Waals surface area (Å²) in [6, 6.07) is 6.25. The summed E-state index contributed by atoms with van der Waals surface area (Å²) < 4.78 is 19.2. The lowest BCUT2D eigenvalue weighted by molar-refractivity contribution is -0.161. The maximum Gasteiger partial charge on any atom is 0.332 e. The molecule has 0 aromatic heterocycles. The Labute approximate surface area is 134 Å². The molecule has 6 heteroatoms. The highest BCUT2D eigenvalue weighted by atomic mass is 19.1. The van der Waals surface area contributed by atoms with Crippen LogP contribution in [0.4, 0.5) is 4.39 Å². The van der Waals surface area contributed by atoms with Crippen LogP contribution in [-0.4, -0.2) is 47.7 Å². The summed E-state index contributed by atoms with van der Waals surface area (Å²) >= 11 is 0. The number of aliphatic carboxylic acids is 1. The molecule has 1 aliphatic carbocycles. The summed E-state index contributed by atoms with van der Waals surface area (Å²) in [5.74, 6) is -1.76. The first-order valence-corrected chi connectivity index (χ1v) is 7.77. The number of carboxylic acid groups (broad SMARTS) is 1. The summed E-state index contributed by atoms with van der Waals surface area (Å²) in [5.41, 5.74) is -1.88. The quantitative estimate of drug-likeness (QED) is 0.900. The van der Waals surface area contributed by atoms with Gasteiger partial charge in [0.2, 0.25) is 5.91 Å². The highest BCUT2D eigenvalue weighted by molar-refractivity contribution is 5.96. The molecule has 2 fully saturated rings. The average Bonchev–Trinajstić information content (AvgIpc) is 3.22. The molecule has 1 atom stereocenters. The number of carbonyl (C=O) groups is 2. The van der Waals surface area contributed by atoms with Gasteiger partial charge in [-0.3, -0.25) is 4.79 Å². The fourth-order valence-electron chi connectivity index (χ4n) is 3.68. The zero-order valence-electron chi connectivity index (χ0n) is 13.0. The van der Waals surface area contributed by atoms with Crippen molar-refractivity contribution < 1.29 is 23.8 Å². The smallest absolute Gasteiger partial charge is 0.332 e. The van der Waals surface area contributed by atoms with Crippen molar-refractivity contribution >= 4 is 11.9 Å². The van der Waals surface area contributed by atoms with Crippen LogP contribution in [0.1, 0.15) is 31.2 Å². The number of methoxy groups -OCH3 is 1. The van der Waals surface area contributed by atoms with Crippen LogP contribution in [0.15, 0.2) is 24.3 Å². The first-order chi connectivity index (χ1) is 11.0. The molecule has 0 bridgehead atoms. The highest BCUT2D eigenvalue weighted by Gasteiger charge is 2.60. The summed E-state index contributed by atoms with van der Waals surface area (Å²) in [6.45, 7) is 0.312. The molecule has 1 heterocycles. The van der Waals surface area contributed by atoms with Gasteiger partial charge in [-0.25, -0.2) is 9.18 Å². The lowest BCUT2D eigenvalue weighted by atomic mass is 9.90. The largest absolute Gasteiger partial charge is 0.479 e. The normalized spacial score (nSPS) is 25.4. The van der Waals surface area contributed by atoms with Crippen LogP contribution >= 0.6 is 0 Å². The number of hydrogen-bond acceptors (Lipinski definition) is 3. The Balaban J connectivity index is 1.96. The number of nitrogens with zero attached hydrogens (tertiary/aromatic N) is 1. The van der Waals surface area contributed by atoms with Gasteiger partial charge >= 0.3 is 5.97 Å². The molecular weight excluding hydrogens is 301 g/mol. The van der Waals surface area contributed by atoms with Crippen molar-refractivity contribution in [3.05, 3.63) is 35.6 Å². The van der Waals surface area contributed by atoms with Crippen LogP contribution in [0.3, 0.4) is 0 Å². The minimum absolute atomic E-state index is 0.0541. The Bertz CT molecular complexity index is 643. The Kier molecular flexibility index (Phi) is 3.88. The third-order valence-corrected chi connectivity index (χ3v) is 5.06. The molecule has 124 valence electrons. The third-order valence-electron chi connectivity index (χ3n) is 5.06. The maximum absolute atomic E-state index is 14.2. The summed E-state index contributed by atoms with van der Waals surface area (Å²) in [7, 11) is 1.43. The molecule has 1 amide bonds. The highest BCUT2D eigenvalue weighted by Crippen LogP contribution is 2.52. The van der Waals surface area contributed by atoms with Gasteiger partial charge < -0.3 is 14.7 Å². The molecule has 1 saturated heterocycles. The predicted molar refractivity (Wildman–Crippen MR) is 80.5 cm³/mol. The van der Waals surface area contributed by atoms with Crippen molar-refractivity contribution in [3.8, 4) is 0 Å². The van der Waals surface area contributed by atoms with Crippen LogP contribution in [0.5, 0.6) is 0 Å². The van der Waals surface area contributed by atoms with Crippen LogP contribution in [0, 0.1) is 5.82 Å². The van der Waals surface area contributed by atoms with E-state index < -0.39 is 22.7 Å². The molecule has 0 radical (unpaired) electrons. The predicted octanol–water partition coefficient (Wildman–Crippen LogP) is 1.95. The van der Waals surface area contributed by atoms with E-state index in [2.05, 4.69) is 0 Å². The van der Waals surface area contributed by atoms with Gasteiger partial charge in [-0.2, -0.15) is 0 Å². The van der Waals surface area contributed by atoms with Crippen molar-refractivity contribution in [2.75, 3.05) is 20.3 Å². The van der Waals surface area contributed by atoms with E-state index in [1.54, 1.807) is 18.2 Å². The molecule has 1 N–H and O–H groups in total. The second kappa shape index (κ2) is 5.60. The van der Waals surface area contributed by atoms with Crippen molar-refractivity contribution in [3.63, 3.8) is 0 Å². The molecule has 1 unspecified atom stereocenters. The molecule has 0 spiro atoms. The van der Waals surface area contributed by atoms with Gasteiger partial charge in [0, 0.05) is 19.2 Å². The van der Waals surface area contributed by atoms with E-state index in [0.29, 0.717) is 37.8 Å². The molecule has 1 aliphatic heterocycles. The fourth-order valence-corrected chi connectivity index (χ4v) is 3.68. The number of benzene rings is 1. The zero-order chi connectivity index (χ0) is 16.7. The van der Waals surface area contributed by atoms with E-state index in [-0.39, 0.29) is 12.5 Å². The molecule has 3 rings (SSSR count). The zero-order valence-corrected chi connectivity index (χ0v) is 13.0. The summed E-state index contributed by atoms with van der Waals surface area (Å²) in [5, 5.41) is 9.68. The van der Waals surface area contributed by atoms with Crippen LogP contribution in [-0.2, 0) is 19.7 Å². The lowest BCUT2D eigenvalue weighted by Gasteiger charge is -2.36. The van der Waals surface area contributed by atoms with Crippen LogP contribution in [0.2, 0.25) is 0 Å². The van der Waals surface area contributed by atoms with Crippen molar-refractivity contribution in [1.82, 2.24) is 4.90 Å². The number of likely N-dealkylation sites (tertiary alicyclic amines) is 1. The van der Waals surface area contributed by atoms with Gasteiger partial charge in [-0.15, -0.1) is 0 Å². The first kappa shape index (κ1) is 15.9. The molecule has 5 nitrogen and oxygen atoms in total. The van der Waals surface area contributed by atoms with E-state index in [1.807, 2.05) is 0 Å². The Morgan fingerprint density at radius 2 is 2.00 bits per heavy atom. The topological polar surface area (TPSA) is 66.8 Å². The maximum atomic E-state index is 14.2. The van der Waals surface area contributed by atoms with E-state index >= 15 is 0 Å². The monoisotopic (exact) mass is 321 g/mol. The number of carboxylic acids is 1. The van der Waals surface area contributed by atoms with Crippen LogP contribution in [0.25, 0.3) is 0 Å². The third kappa shape index (κ3) is 2.32. The van der Waals surface area contributed by atoms with Gasteiger partial charge in [0.15, 0.2) is 5.54 Å². The Morgan fingerprint density at radius 3 is 2.57 bits per heavy atom. The Hall–Kier alpha value is -1.95. The van der Waals surface area contributed by atoms with Gasteiger partial charge in [0.1, 0.15) is 5.82 Å². The molecule has 1 saturated carbocycles. The molecule has 1 aromatic carbocycles. The summed E-state index contributed by atoms with van der Waals surface area (Å²) in [6.07, 6.45) is 2.06. The van der Waals surface area contributed by atoms with Crippen molar-refractivity contribution in [1.29, 1.82) is 0 Å². The van der Waals surface area contributed by atoms with Crippen molar-refractivity contribution in [2.45, 2.75) is 36.6 Å². The molecule has 23 heavy (non-hydrogen) atoms. The van der Waals surface area contributed by atoms with E-state index in [0.717, 1.165) is 0 Å². The molecule has 1 aromatic rings. The average molecular weight is 321 g/mol. The number of carbonyl (C=O) groups excluding carboxylic acids is 1. The van der Waals surface area contributed by atoms with Crippen LogP contribution < -0.4 is 0 Å². The number of ether oxygens (including phenoxy) is 1. The van der Waals surface area contributed by atoms with Gasteiger partial charge in [0.05, 0.1) is 12.0 Å².